The summed E-state index contributed by atoms with van der Waals surface area (Å²) in [7, 11) is 1.01. The molecule has 0 saturated carbocycles. The summed E-state index contributed by atoms with van der Waals surface area (Å²) in [5, 5.41) is 2.46. The largest absolute Gasteiger partial charge is 0.416 e. The molecule has 0 bridgehead atoms. The van der Waals surface area contributed by atoms with E-state index in [0.29, 0.717) is 16.9 Å². The Balaban J connectivity index is 1.74. The Labute approximate surface area is 177 Å². The molecule has 1 N–H and O–H groups in total. The molecule has 0 atom stereocenters. The fraction of sp³-hybridized carbons (Fsp3) is 0.300. The van der Waals surface area contributed by atoms with Crippen LogP contribution < -0.4 is 5.32 Å². The molecular weight excluding hydrogens is 433 g/mol. The molecule has 0 aliphatic rings. The van der Waals surface area contributed by atoms with E-state index in [1.807, 2.05) is 0 Å². The van der Waals surface area contributed by atoms with Crippen LogP contribution in [0.2, 0.25) is 0 Å². The Morgan fingerprint density at radius 3 is 2.52 bits per heavy atom. The maximum Gasteiger partial charge on any atom is 0.416 e. The topological polar surface area (TPSA) is 84.3 Å². The van der Waals surface area contributed by atoms with Crippen LogP contribution in [-0.2, 0) is 34.5 Å². The predicted molar refractivity (Wildman–Crippen MR) is 110 cm³/mol. The number of amides is 1. The van der Waals surface area contributed by atoms with Crippen LogP contribution in [0, 0.1) is 0 Å². The van der Waals surface area contributed by atoms with E-state index in [9.17, 15) is 26.4 Å². The predicted octanol–water partition coefficient (Wildman–Crippen LogP) is 3.41. The van der Waals surface area contributed by atoms with Crippen molar-refractivity contribution in [3.63, 3.8) is 0 Å². The highest BCUT2D eigenvalue weighted by atomic mass is 32.2. The zero-order chi connectivity index (χ0) is 23.0. The van der Waals surface area contributed by atoms with Gasteiger partial charge in [0.1, 0.15) is 5.82 Å². The van der Waals surface area contributed by atoms with Crippen molar-refractivity contribution in [3.8, 4) is 0 Å². The minimum atomic E-state index is -4.49. The van der Waals surface area contributed by atoms with E-state index >= 15 is 0 Å². The highest BCUT2D eigenvalue weighted by Gasteiger charge is 2.30. The van der Waals surface area contributed by atoms with E-state index in [2.05, 4.69) is 10.3 Å². The third-order valence-corrected chi connectivity index (χ3v) is 6.58. The summed E-state index contributed by atoms with van der Waals surface area (Å²) < 4.78 is 65.9. The molecule has 166 valence electrons. The Bertz CT molecular complexity index is 1230. The van der Waals surface area contributed by atoms with Crippen molar-refractivity contribution in [2.24, 2.45) is 7.05 Å². The summed E-state index contributed by atoms with van der Waals surface area (Å²) in [6.45, 7) is 0. The highest BCUT2D eigenvalue weighted by Crippen LogP contribution is 2.30. The van der Waals surface area contributed by atoms with Gasteiger partial charge in [-0.2, -0.15) is 13.2 Å². The van der Waals surface area contributed by atoms with Crippen LogP contribution in [0.4, 0.5) is 18.9 Å². The molecule has 1 amide bonds. The van der Waals surface area contributed by atoms with Crippen LogP contribution in [0.5, 0.6) is 0 Å². The fourth-order valence-corrected chi connectivity index (χ4v) is 3.97. The minimum absolute atomic E-state index is 0.00371. The van der Waals surface area contributed by atoms with Crippen LogP contribution in [0.1, 0.15) is 17.8 Å². The van der Waals surface area contributed by atoms with E-state index in [1.54, 1.807) is 17.7 Å². The number of benzene rings is 2. The van der Waals surface area contributed by atoms with E-state index in [0.717, 1.165) is 16.4 Å². The molecule has 0 aliphatic heterocycles. The third-order valence-electron chi connectivity index (χ3n) is 4.77. The molecule has 1 aromatic heterocycles. The van der Waals surface area contributed by atoms with Gasteiger partial charge in [0.2, 0.25) is 15.9 Å². The number of nitrogens with one attached hydrogen (secondary N) is 1. The van der Waals surface area contributed by atoms with Gasteiger partial charge in [-0.15, -0.1) is 0 Å². The molecule has 11 heteroatoms. The Kier molecular flexibility index (Phi) is 6.10. The summed E-state index contributed by atoms with van der Waals surface area (Å²) in [5.74, 6) is 0.0934. The van der Waals surface area contributed by atoms with Crippen LogP contribution in [0.15, 0.2) is 47.4 Å². The average molecular weight is 454 g/mol. The van der Waals surface area contributed by atoms with Crippen molar-refractivity contribution in [3.05, 3.63) is 53.9 Å². The molecular formula is C20H21F3N4O3S. The average Bonchev–Trinajstić information content (AvgIpc) is 3.01. The van der Waals surface area contributed by atoms with Gasteiger partial charge < -0.3 is 9.88 Å². The van der Waals surface area contributed by atoms with Crippen LogP contribution in [0.25, 0.3) is 11.0 Å². The number of fused-ring (bicyclic) bond motifs is 1. The zero-order valence-electron chi connectivity index (χ0n) is 17.1. The van der Waals surface area contributed by atoms with Gasteiger partial charge in [0.15, 0.2) is 0 Å². The number of alkyl halides is 3. The SMILES string of the molecule is CN(C)S(=O)(=O)c1ccc2c(c1)nc(CCC(=O)Nc1cccc(C(F)(F)F)c1)n2C. The maximum absolute atomic E-state index is 12.8. The first-order chi connectivity index (χ1) is 14.4. The first kappa shape index (κ1) is 22.8. The number of carbonyl (C=O) groups excluding carboxylic acids is 1. The smallest absolute Gasteiger partial charge is 0.331 e. The Hall–Kier alpha value is -2.92. The molecule has 0 fully saturated rings. The number of aryl methyl sites for hydroxylation is 2. The Morgan fingerprint density at radius 2 is 1.87 bits per heavy atom. The number of carbonyl (C=O) groups is 1. The number of hydrogen-bond donors (Lipinski definition) is 1. The lowest BCUT2D eigenvalue weighted by Crippen LogP contribution is -2.22. The number of anilines is 1. The van der Waals surface area contributed by atoms with Crippen molar-refractivity contribution < 1.29 is 26.4 Å². The summed E-state index contributed by atoms with van der Waals surface area (Å²) >= 11 is 0. The number of sulfonamides is 1. The van der Waals surface area contributed by atoms with Crippen molar-refractivity contribution >= 4 is 32.7 Å². The molecule has 0 aliphatic carbocycles. The van der Waals surface area contributed by atoms with Crippen molar-refractivity contribution in [2.75, 3.05) is 19.4 Å². The quantitative estimate of drug-likeness (QED) is 0.619. The molecule has 7 nitrogen and oxygen atoms in total. The molecule has 0 saturated heterocycles. The summed E-state index contributed by atoms with van der Waals surface area (Å²) in [5.41, 5.74) is 0.386. The van der Waals surface area contributed by atoms with Gasteiger partial charge in [-0.3, -0.25) is 4.79 Å². The standard InChI is InChI=1S/C20H21F3N4O3S/c1-26(2)31(29,30)15-7-8-17-16(12-15)25-18(27(17)3)9-10-19(28)24-14-6-4-5-13(11-14)20(21,22)23/h4-8,11-12H,9-10H2,1-3H3,(H,24,28). The summed E-state index contributed by atoms with van der Waals surface area (Å²) in [4.78, 5) is 16.8. The maximum atomic E-state index is 12.8. The van der Waals surface area contributed by atoms with Gasteiger partial charge in [0.25, 0.3) is 0 Å². The fourth-order valence-electron chi connectivity index (χ4n) is 3.05. The number of imidazole rings is 1. The van der Waals surface area contributed by atoms with Gasteiger partial charge in [0, 0.05) is 39.7 Å². The zero-order valence-corrected chi connectivity index (χ0v) is 17.9. The van der Waals surface area contributed by atoms with E-state index in [1.165, 1.54) is 38.4 Å². The van der Waals surface area contributed by atoms with Crippen molar-refractivity contribution in [1.82, 2.24) is 13.9 Å². The second kappa shape index (κ2) is 8.31. The van der Waals surface area contributed by atoms with E-state index < -0.39 is 27.7 Å². The van der Waals surface area contributed by atoms with Crippen molar-refractivity contribution in [2.45, 2.75) is 23.9 Å². The molecule has 0 radical (unpaired) electrons. The van der Waals surface area contributed by atoms with Crippen molar-refractivity contribution in [1.29, 1.82) is 0 Å². The van der Waals surface area contributed by atoms with E-state index in [4.69, 9.17) is 0 Å². The molecule has 3 aromatic rings. The van der Waals surface area contributed by atoms with Crippen LogP contribution in [0.3, 0.4) is 0 Å². The lowest BCUT2D eigenvalue weighted by molar-refractivity contribution is -0.137. The normalized spacial score (nSPS) is 12.5. The molecule has 0 unspecified atom stereocenters. The molecule has 2 aromatic carbocycles. The Morgan fingerprint density at radius 1 is 1.16 bits per heavy atom. The third kappa shape index (κ3) is 4.88. The second-order valence-corrected chi connectivity index (χ2v) is 9.30. The number of aromatic nitrogens is 2. The highest BCUT2D eigenvalue weighted by molar-refractivity contribution is 7.89. The molecule has 1 heterocycles. The van der Waals surface area contributed by atoms with Gasteiger partial charge >= 0.3 is 6.18 Å². The number of rotatable bonds is 6. The van der Waals surface area contributed by atoms with E-state index in [-0.39, 0.29) is 23.4 Å². The monoisotopic (exact) mass is 454 g/mol. The number of nitrogens with zero attached hydrogens (tertiary/aromatic N) is 3. The molecule has 0 spiro atoms. The lowest BCUT2D eigenvalue weighted by atomic mass is 10.2. The van der Waals surface area contributed by atoms with Crippen LogP contribution >= 0.6 is 0 Å². The summed E-state index contributed by atoms with van der Waals surface area (Å²) in [6.07, 6.45) is -4.27. The minimum Gasteiger partial charge on any atom is -0.331 e. The van der Waals surface area contributed by atoms with Gasteiger partial charge in [-0.25, -0.2) is 17.7 Å². The number of halogens is 3. The van der Waals surface area contributed by atoms with Gasteiger partial charge in [-0.05, 0) is 36.4 Å². The molecule has 3 rings (SSSR count). The summed E-state index contributed by atoms with van der Waals surface area (Å²) in [6, 6.07) is 9.02. The van der Waals surface area contributed by atoms with Gasteiger partial charge in [0.05, 0.1) is 21.5 Å². The lowest BCUT2D eigenvalue weighted by Gasteiger charge is -2.11. The van der Waals surface area contributed by atoms with Gasteiger partial charge in [-0.1, -0.05) is 6.07 Å². The first-order valence-corrected chi connectivity index (χ1v) is 10.7. The van der Waals surface area contributed by atoms with Crippen LogP contribution in [-0.4, -0.2) is 42.3 Å². The second-order valence-electron chi connectivity index (χ2n) is 7.15. The first-order valence-electron chi connectivity index (χ1n) is 9.24. The number of hydrogen-bond acceptors (Lipinski definition) is 4. The molecule has 31 heavy (non-hydrogen) atoms.